The van der Waals surface area contributed by atoms with Gasteiger partial charge in [-0.15, -0.1) is 0 Å². The first-order valence-electron chi connectivity index (χ1n) is 6.28. The Kier molecular flexibility index (Phi) is 3.55. The molecule has 2 aromatic carbocycles. The number of carbonyl (C=O) groups excluding carboxylic acids is 1. The number of fused-ring (bicyclic) bond motifs is 1. The quantitative estimate of drug-likeness (QED) is 0.843. The van der Waals surface area contributed by atoms with Gasteiger partial charge in [0.25, 0.3) is 0 Å². The number of nitrogens with zero attached hydrogens (tertiary/aromatic N) is 1. The molecule has 5 heteroatoms. The summed E-state index contributed by atoms with van der Waals surface area (Å²) < 4.78 is 0. The fourth-order valence-electron chi connectivity index (χ4n) is 2.31. The molecule has 0 spiro atoms. The smallest absolute Gasteiger partial charge is 0.233 e. The van der Waals surface area contributed by atoms with Crippen LogP contribution in [0.25, 0.3) is 0 Å². The summed E-state index contributed by atoms with van der Waals surface area (Å²) in [6.07, 6.45) is 0.385. The minimum absolute atomic E-state index is 0.0301. The number of hydrogen-bond acceptors (Lipinski definition) is 2. The Morgan fingerprint density at radius 3 is 2.55 bits per heavy atom. The van der Waals surface area contributed by atoms with Crippen LogP contribution in [0.4, 0.5) is 17.1 Å². The van der Waals surface area contributed by atoms with E-state index in [1.54, 1.807) is 17.0 Å². The summed E-state index contributed by atoms with van der Waals surface area (Å²) in [4.78, 5) is 14.0. The molecular formula is C15H12Cl2N2O. The summed E-state index contributed by atoms with van der Waals surface area (Å²) in [5.41, 5.74) is 2.14. The van der Waals surface area contributed by atoms with E-state index in [-0.39, 0.29) is 5.91 Å². The molecule has 0 saturated heterocycles. The van der Waals surface area contributed by atoms with Crippen LogP contribution in [0.15, 0.2) is 42.5 Å². The zero-order valence-electron chi connectivity index (χ0n) is 10.6. The number of rotatable bonds is 1. The first-order chi connectivity index (χ1) is 9.68. The first-order valence-corrected chi connectivity index (χ1v) is 7.04. The summed E-state index contributed by atoms with van der Waals surface area (Å²) in [6, 6.07) is 12.8. The second kappa shape index (κ2) is 5.35. The molecule has 102 valence electrons. The molecule has 1 heterocycles. The molecule has 0 aromatic heterocycles. The molecule has 0 aliphatic carbocycles. The van der Waals surface area contributed by atoms with Gasteiger partial charge in [-0.25, -0.2) is 0 Å². The van der Waals surface area contributed by atoms with E-state index in [9.17, 15) is 4.79 Å². The zero-order chi connectivity index (χ0) is 14.1. The van der Waals surface area contributed by atoms with E-state index >= 15 is 0 Å². The molecule has 1 aliphatic rings. The maximum atomic E-state index is 12.5. The third kappa shape index (κ3) is 2.23. The number of carbonyl (C=O) groups is 1. The molecule has 0 atom stereocenters. The Morgan fingerprint density at radius 2 is 1.75 bits per heavy atom. The highest BCUT2D eigenvalue weighted by Gasteiger charge is 2.27. The minimum atomic E-state index is -0.0301. The zero-order valence-corrected chi connectivity index (χ0v) is 12.1. The molecule has 1 amide bonds. The third-order valence-corrected chi connectivity index (χ3v) is 3.83. The standard InChI is InChI=1S/C15H12Cl2N2O/c16-10-4-1-2-7-13(10)19-14(20)8-9-18-12-6-3-5-11(17)15(12)19/h1-7,18H,8-9H2. The average Bonchev–Trinajstić information content (AvgIpc) is 2.59. The number of halogens is 2. The lowest BCUT2D eigenvalue weighted by molar-refractivity contribution is -0.117. The van der Waals surface area contributed by atoms with Gasteiger partial charge < -0.3 is 5.32 Å². The molecule has 0 saturated carbocycles. The Bertz CT molecular complexity index is 673. The van der Waals surface area contributed by atoms with Gasteiger partial charge >= 0.3 is 0 Å². The van der Waals surface area contributed by atoms with Gasteiger partial charge in [-0.1, -0.05) is 41.4 Å². The van der Waals surface area contributed by atoms with Crippen molar-refractivity contribution in [2.75, 3.05) is 16.8 Å². The number of benzene rings is 2. The topological polar surface area (TPSA) is 32.3 Å². The van der Waals surface area contributed by atoms with Crippen LogP contribution in [0, 0.1) is 0 Å². The number of para-hydroxylation sites is 2. The van der Waals surface area contributed by atoms with Gasteiger partial charge in [0.15, 0.2) is 0 Å². The molecule has 20 heavy (non-hydrogen) atoms. The number of hydrogen-bond donors (Lipinski definition) is 1. The predicted octanol–water partition coefficient (Wildman–Crippen LogP) is 4.47. The van der Waals surface area contributed by atoms with Crippen molar-refractivity contribution >= 4 is 46.2 Å². The Labute approximate surface area is 127 Å². The molecule has 2 aromatic rings. The van der Waals surface area contributed by atoms with Crippen LogP contribution in [0.1, 0.15) is 6.42 Å². The minimum Gasteiger partial charge on any atom is -0.383 e. The van der Waals surface area contributed by atoms with Gasteiger partial charge in [-0.05, 0) is 24.3 Å². The molecular weight excluding hydrogens is 295 g/mol. The van der Waals surface area contributed by atoms with Gasteiger partial charge in [0.2, 0.25) is 5.91 Å². The monoisotopic (exact) mass is 306 g/mol. The van der Waals surface area contributed by atoms with E-state index in [0.717, 1.165) is 5.69 Å². The van der Waals surface area contributed by atoms with Crippen molar-refractivity contribution in [2.24, 2.45) is 0 Å². The number of nitrogens with one attached hydrogen (secondary N) is 1. The van der Waals surface area contributed by atoms with Gasteiger partial charge in [0, 0.05) is 13.0 Å². The van der Waals surface area contributed by atoms with Crippen LogP contribution in [-0.2, 0) is 4.79 Å². The van der Waals surface area contributed by atoms with Crippen LogP contribution in [0.2, 0.25) is 10.0 Å². The summed E-state index contributed by atoms with van der Waals surface area (Å²) in [6.45, 7) is 0.577. The lowest BCUT2D eigenvalue weighted by Gasteiger charge is -2.24. The van der Waals surface area contributed by atoms with Gasteiger partial charge in [-0.3, -0.25) is 9.69 Å². The van der Waals surface area contributed by atoms with Crippen molar-refractivity contribution in [3.8, 4) is 0 Å². The molecule has 0 unspecified atom stereocenters. The van der Waals surface area contributed by atoms with Gasteiger partial charge in [0.1, 0.15) is 0 Å². The highest BCUT2D eigenvalue weighted by molar-refractivity contribution is 6.37. The average molecular weight is 307 g/mol. The van der Waals surface area contributed by atoms with Gasteiger partial charge in [-0.2, -0.15) is 0 Å². The largest absolute Gasteiger partial charge is 0.383 e. The van der Waals surface area contributed by atoms with Crippen molar-refractivity contribution in [2.45, 2.75) is 6.42 Å². The molecule has 1 N–H and O–H groups in total. The van der Waals surface area contributed by atoms with Crippen LogP contribution in [0.3, 0.4) is 0 Å². The third-order valence-electron chi connectivity index (χ3n) is 3.21. The first kappa shape index (κ1) is 13.3. The van der Waals surface area contributed by atoms with Crippen LogP contribution in [-0.4, -0.2) is 12.5 Å². The SMILES string of the molecule is O=C1CCNc2cccc(Cl)c2N1c1ccccc1Cl. The summed E-state index contributed by atoms with van der Waals surface area (Å²) in [5.74, 6) is -0.0301. The van der Waals surface area contributed by atoms with E-state index < -0.39 is 0 Å². The molecule has 1 aliphatic heterocycles. The Balaban J connectivity index is 2.24. The lowest BCUT2D eigenvalue weighted by atomic mass is 10.2. The second-order valence-corrected chi connectivity index (χ2v) is 5.31. The van der Waals surface area contributed by atoms with E-state index in [1.165, 1.54) is 0 Å². The van der Waals surface area contributed by atoms with E-state index in [2.05, 4.69) is 5.32 Å². The maximum Gasteiger partial charge on any atom is 0.233 e. The van der Waals surface area contributed by atoms with Crippen LogP contribution in [0.5, 0.6) is 0 Å². The molecule has 0 radical (unpaired) electrons. The van der Waals surface area contributed by atoms with Gasteiger partial charge in [0.05, 0.1) is 27.1 Å². The van der Waals surface area contributed by atoms with Crippen molar-refractivity contribution in [3.05, 3.63) is 52.5 Å². The van der Waals surface area contributed by atoms with Crippen molar-refractivity contribution in [1.29, 1.82) is 0 Å². The summed E-state index contributed by atoms with van der Waals surface area (Å²) >= 11 is 12.5. The fraction of sp³-hybridized carbons (Fsp3) is 0.133. The van der Waals surface area contributed by atoms with E-state index in [1.807, 2.05) is 30.3 Å². The van der Waals surface area contributed by atoms with E-state index in [4.69, 9.17) is 23.2 Å². The maximum absolute atomic E-state index is 12.5. The molecule has 3 nitrogen and oxygen atoms in total. The van der Waals surface area contributed by atoms with Crippen LogP contribution >= 0.6 is 23.2 Å². The summed E-state index contributed by atoms with van der Waals surface area (Å²) in [7, 11) is 0. The molecule has 3 rings (SSSR count). The Morgan fingerprint density at radius 1 is 1.00 bits per heavy atom. The molecule has 0 fully saturated rings. The fourth-order valence-corrected chi connectivity index (χ4v) is 2.79. The highest BCUT2D eigenvalue weighted by atomic mass is 35.5. The number of anilines is 3. The van der Waals surface area contributed by atoms with Crippen molar-refractivity contribution < 1.29 is 4.79 Å². The van der Waals surface area contributed by atoms with Crippen molar-refractivity contribution in [1.82, 2.24) is 0 Å². The second-order valence-electron chi connectivity index (χ2n) is 4.49. The van der Waals surface area contributed by atoms with Crippen molar-refractivity contribution in [3.63, 3.8) is 0 Å². The number of amides is 1. The highest BCUT2D eigenvalue weighted by Crippen LogP contribution is 2.42. The molecule has 0 bridgehead atoms. The lowest BCUT2D eigenvalue weighted by Crippen LogP contribution is -2.25. The predicted molar refractivity (Wildman–Crippen MR) is 83.2 cm³/mol. The van der Waals surface area contributed by atoms with E-state index in [0.29, 0.717) is 34.4 Å². The normalized spacial score (nSPS) is 14.5. The van der Waals surface area contributed by atoms with Crippen LogP contribution < -0.4 is 10.2 Å². The summed E-state index contributed by atoms with van der Waals surface area (Å²) in [5, 5.41) is 4.27. The Hall–Kier alpha value is -1.71.